The zero-order chi connectivity index (χ0) is 17.3. The first-order valence-corrected chi connectivity index (χ1v) is 10.4. The zero-order valence-corrected chi connectivity index (χ0v) is 15.4. The van der Waals surface area contributed by atoms with Crippen LogP contribution < -0.4 is 5.56 Å². The number of rotatable bonds is 4. The molecule has 1 unspecified atom stereocenters. The van der Waals surface area contributed by atoms with E-state index in [9.17, 15) is 13.2 Å². The van der Waals surface area contributed by atoms with Crippen LogP contribution in [0, 0.1) is 0 Å². The molecular weight excluding hydrogens is 346 g/mol. The minimum absolute atomic E-state index is 0.0365. The van der Waals surface area contributed by atoms with Gasteiger partial charge in [0.25, 0.3) is 15.6 Å². The summed E-state index contributed by atoms with van der Waals surface area (Å²) >= 11 is 1.21. The molecule has 0 amide bonds. The maximum atomic E-state index is 12.9. The molecule has 2 aromatic heterocycles. The van der Waals surface area contributed by atoms with E-state index in [4.69, 9.17) is 0 Å². The summed E-state index contributed by atoms with van der Waals surface area (Å²) in [5, 5.41) is 6.07. The van der Waals surface area contributed by atoms with Crippen LogP contribution in [0.3, 0.4) is 0 Å². The average molecular weight is 367 g/mol. The van der Waals surface area contributed by atoms with Crippen LogP contribution in [0.25, 0.3) is 11.3 Å². The van der Waals surface area contributed by atoms with Gasteiger partial charge in [-0.3, -0.25) is 4.79 Å². The van der Waals surface area contributed by atoms with Gasteiger partial charge in [-0.05, 0) is 38.8 Å². The monoisotopic (exact) mass is 367 g/mol. The van der Waals surface area contributed by atoms with Crippen molar-refractivity contribution in [2.75, 3.05) is 6.54 Å². The minimum Gasteiger partial charge on any atom is -0.268 e. The smallest absolute Gasteiger partial charge is 0.266 e. The first-order chi connectivity index (χ1) is 11.4. The van der Waals surface area contributed by atoms with Crippen molar-refractivity contribution in [2.45, 2.75) is 49.9 Å². The maximum absolute atomic E-state index is 12.9. The Labute approximate surface area is 145 Å². The van der Waals surface area contributed by atoms with Crippen LogP contribution in [-0.4, -0.2) is 35.1 Å². The second-order valence-electron chi connectivity index (χ2n) is 5.99. The number of hydrogen-bond acceptors (Lipinski definition) is 5. The highest BCUT2D eigenvalue weighted by Crippen LogP contribution is 2.32. The van der Waals surface area contributed by atoms with Gasteiger partial charge in [0, 0.05) is 36.1 Å². The van der Waals surface area contributed by atoms with Gasteiger partial charge in [-0.15, -0.1) is 11.3 Å². The van der Waals surface area contributed by atoms with E-state index in [1.165, 1.54) is 22.1 Å². The molecule has 24 heavy (non-hydrogen) atoms. The van der Waals surface area contributed by atoms with E-state index in [1.54, 1.807) is 21.8 Å². The fraction of sp³-hybridized carbons (Fsp3) is 0.500. The zero-order valence-electron chi connectivity index (χ0n) is 13.8. The molecule has 1 aliphatic rings. The summed E-state index contributed by atoms with van der Waals surface area (Å²) in [7, 11) is -3.47. The van der Waals surface area contributed by atoms with Crippen molar-refractivity contribution in [3.63, 3.8) is 0 Å². The molecule has 0 radical (unpaired) electrons. The fourth-order valence-corrected chi connectivity index (χ4v) is 5.96. The van der Waals surface area contributed by atoms with Crippen LogP contribution in [0.2, 0.25) is 0 Å². The standard InChI is InChI=1S/C16H21N3O3S2/c1-3-18-15(20)8-7-14(17-18)13-10-16(23-11-13)24(21,22)19-9-5-4-6-12(19)2/h7-8,10-12H,3-6,9H2,1-2H3. The molecule has 6 nitrogen and oxygen atoms in total. The topological polar surface area (TPSA) is 72.3 Å². The van der Waals surface area contributed by atoms with E-state index in [0.29, 0.717) is 23.0 Å². The Morgan fingerprint density at radius 3 is 2.83 bits per heavy atom. The van der Waals surface area contributed by atoms with Crippen molar-refractivity contribution >= 4 is 21.4 Å². The largest absolute Gasteiger partial charge is 0.268 e. The van der Waals surface area contributed by atoms with Crippen LogP contribution in [0.15, 0.2) is 32.6 Å². The van der Waals surface area contributed by atoms with Crippen LogP contribution >= 0.6 is 11.3 Å². The lowest BCUT2D eigenvalue weighted by atomic mass is 10.1. The Hall–Kier alpha value is -1.51. The predicted octanol–water partition coefficient (Wildman–Crippen LogP) is 2.55. The van der Waals surface area contributed by atoms with Gasteiger partial charge in [-0.1, -0.05) is 6.42 Å². The Balaban J connectivity index is 1.94. The summed E-state index contributed by atoms with van der Waals surface area (Å²) in [5.74, 6) is 0. The van der Waals surface area contributed by atoms with Crippen molar-refractivity contribution in [3.05, 3.63) is 33.9 Å². The molecular formula is C16H21N3O3S2. The van der Waals surface area contributed by atoms with Crippen molar-refractivity contribution in [1.29, 1.82) is 0 Å². The molecule has 0 saturated carbocycles. The van der Waals surface area contributed by atoms with Crippen LogP contribution in [0.1, 0.15) is 33.1 Å². The van der Waals surface area contributed by atoms with E-state index >= 15 is 0 Å². The van der Waals surface area contributed by atoms with E-state index < -0.39 is 10.0 Å². The van der Waals surface area contributed by atoms with Gasteiger partial charge in [0.15, 0.2) is 0 Å². The second-order valence-corrected chi connectivity index (χ2v) is 9.02. The third kappa shape index (κ3) is 3.18. The van der Waals surface area contributed by atoms with E-state index in [-0.39, 0.29) is 11.6 Å². The Morgan fingerprint density at radius 2 is 2.12 bits per heavy atom. The van der Waals surface area contributed by atoms with Crippen LogP contribution in [0.4, 0.5) is 0 Å². The number of aromatic nitrogens is 2. The number of hydrogen-bond donors (Lipinski definition) is 0. The summed E-state index contributed by atoms with van der Waals surface area (Å²) in [5.41, 5.74) is 1.18. The molecule has 0 aromatic carbocycles. The van der Waals surface area contributed by atoms with Gasteiger partial charge < -0.3 is 0 Å². The lowest BCUT2D eigenvalue weighted by molar-refractivity contribution is 0.269. The van der Waals surface area contributed by atoms with Gasteiger partial charge in [0.2, 0.25) is 0 Å². The maximum Gasteiger partial charge on any atom is 0.266 e. The molecule has 1 fully saturated rings. The number of sulfonamides is 1. The first-order valence-electron chi connectivity index (χ1n) is 8.12. The number of piperidine rings is 1. The summed E-state index contributed by atoms with van der Waals surface area (Å²) in [6.45, 7) is 4.87. The Bertz CT molecular complexity index is 886. The van der Waals surface area contributed by atoms with Gasteiger partial charge in [0.05, 0.1) is 5.69 Å². The summed E-state index contributed by atoms with van der Waals surface area (Å²) < 4.78 is 29.1. The molecule has 3 heterocycles. The molecule has 8 heteroatoms. The Morgan fingerprint density at radius 1 is 1.33 bits per heavy atom. The molecule has 0 spiro atoms. The number of thiophene rings is 1. The highest BCUT2D eigenvalue weighted by Gasteiger charge is 2.32. The van der Waals surface area contributed by atoms with Gasteiger partial charge >= 0.3 is 0 Å². The summed E-state index contributed by atoms with van der Waals surface area (Å²) in [6.07, 6.45) is 2.89. The molecule has 0 bridgehead atoms. The fourth-order valence-electron chi connectivity index (χ4n) is 2.96. The van der Waals surface area contributed by atoms with Crippen molar-refractivity contribution in [2.24, 2.45) is 0 Å². The normalized spacial score (nSPS) is 19.5. The Kier molecular flexibility index (Phi) is 4.89. The molecule has 1 aliphatic heterocycles. The predicted molar refractivity (Wildman–Crippen MR) is 94.7 cm³/mol. The van der Waals surface area contributed by atoms with Crippen LogP contribution in [-0.2, 0) is 16.6 Å². The minimum atomic E-state index is -3.47. The molecule has 0 aliphatic carbocycles. The molecule has 2 aromatic rings. The molecule has 0 N–H and O–H groups in total. The molecule has 3 rings (SSSR count). The summed E-state index contributed by atoms with van der Waals surface area (Å²) in [6, 6.07) is 4.80. The van der Waals surface area contributed by atoms with Gasteiger partial charge in [-0.2, -0.15) is 9.40 Å². The third-order valence-corrected chi connectivity index (χ3v) is 7.77. The highest BCUT2D eigenvalue weighted by atomic mass is 32.2. The van der Waals surface area contributed by atoms with Crippen molar-refractivity contribution in [1.82, 2.24) is 14.1 Å². The average Bonchev–Trinajstić information content (AvgIpc) is 3.06. The van der Waals surface area contributed by atoms with Gasteiger partial charge in [0.1, 0.15) is 4.21 Å². The van der Waals surface area contributed by atoms with Crippen molar-refractivity contribution in [3.8, 4) is 11.3 Å². The SMILES string of the molecule is CCn1nc(-c2csc(S(=O)(=O)N3CCCCC3C)c2)ccc1=O. The van der Waals surface area contributed by atoms with E-state index in [1.807, 2.05) is 13.8 Å². The number of aryl methyl sites for hydroxylation is 1. The molecule has 1 atom stereocenters. The lowest BCUT2D eigenvalue weighted by Gasteiger charge is -2.31. The lowest BCUT2D eigenvalue weighted by Crippen LogP contribution is -2.41. The second kappa shape index (κ2) is 6.78. The number of nitrogens with zero attached hydrogens (tertiary/aromatic N) is 3. The third-order valence-electron chi connectivity index (χ3n) is 4.34. The van der Waals surface area contributed by atoms with Crippen molar-refractivity contribution < 1.29 is 8.42 Å². The van der Waals surface area contributed by atoms with E-state index in [0.717, 1.165) is 24.8 Å². The van der Waals surface area contributed by atoms with Crippen LogP contribution in [0.5, 0.6) is 0 Å². The molecule has 130 valence electrons. The molecule has 1 saturated heterocycles. The highest BCUT2D eigenvalue weighted by molar-refractivity contribution is 7.91. The quantitative estimate of drug-likeness (QED) is 0.832. The first kappa shape index (κ1) is 17.3. The van der Waals surface area contributed by atoms with E-state index in [2.05, 4.69) is 5.10 Å². The summed E-state index contributed by atoms with van der Waals surface area (Å²) in [4.78, 5) is 11.6. The van der Waals surface area contributed by atoms with Gasteiger partial charge in [-0.25, -0.2) is 13.1 Å².